The molecule has 0 saturated heterocycles. The number of nitrogens with two attached hydrogens (primary N) is 1. The zero-order valence-corrected chi connectivity index (χ0v) is 7.26. The van der Waals surface area contributed by atoms with E-state index in [2.05, 4.69) is 18.8 Å². The summed E-state index contributed by atoms with van der Waals surface area (Å²) in [6.07, 6.45) is 3.22. The molecular formula is C8H16N2O. The van der Waals surface area contributed by atoms with E-state index in [9.17, 15) is 0 Å². The maximum atomic E-state index is 5.44. The molecule has 11 heavy (non-hydrogen) atoms. The van der Waals surface area contributed by atoms with Gasteiger partial charge in [0.2, 0.25) is 0 Å². The molecule has 0 aromatic rings. The first kappa shape index (κ1) is 8.37. The second-order valence-corrected chi connectivity index (χ2v) is 3.07. The Morgan fingerprint density at radius 1 is 1.64 bits per heavy atom. The minimum absolute atomic E-state index is 0.00116. The van der Waals surface area contributed by atoms with Crippen molar-refractivity contribution in [2.45, 2.75) is 38.6 Å². The van der Waals surface area contributed by atoms with E-state index in [1.54, 1.807) is 0 Å². The first-order valence-corrected chi connectivity index (χ1v) is 4.20. The average Bonchev–Trinajstić information content (AvgIpc) is 2.34. The highest BCUT2D eigenvalue weighted by molar-refractivity contribution is 5.73. The maximum Gasteiger partial charge on any atom is 0.282 e. The molecule has 64 valence electrons. The monoisotopic (exact) mass is 156 g/mol. The predicted molar refractivity (Wildman–Crippen MR) is 45.5 cm³/mol. The number of amidine groups is 1. The van der Waals surface area contributed by atoms with E-state index in [1.165, 1.54) is 0 Å². The first-order valence-electron chi connectivity index (χ1n) is 4.20. The lowest BCUT2D eigenvalue weighted by Gasteiger charge is -2.20. The van der Waals surface area contributed by atoms with Crippen molar-refractivity contribution >= 4 is 6.02 Å². The molecule has 1 unspecified atom stereocenters. The molecule has 2 N–H and O–H groups in total. The van der Waals surface area contributed by atoms with Crippen LogP contribution in [0.5, 0.6) is 0 Å². The van der Waals surface area contributed by atoms with Crippen LogP contribution in [0.15, 0.2) is 4.99 Å². The lowest BCUT2D eigenvalue weighted by molar-refractivity contribution is 0.236. The van der Waals surface area contributed by atoms with Gasteiger partial charge in [0.1, 0.15) is 6.61 Å². The van der Waals surface area contributed by atoms with Crippen LogP contribution in [-0.4, -0.2) is 18.2 Å². The summed E-state index contributed by atoms with van der Waals surface area (Å²) in [4.78, 5) is 4.30. The molecule has 0 aliphatic carbocycles. The van der Waals surface area contributed by atoms with E-state index in [1.807, 2.05) is 0 Å². The molecule has 0 radical (unpaired) electrons. The molecule has 1 aliphatic rings. The third-order valence-electron chi connectivity index (χ3n) is 2.21. The quantitative estimate of drug-likeness (QED) is 0.669. The number of hydrogen-bond acceptors (Lipinski definition) is 3. The largest absolute Gasteiger partial charge is 0.463 e. The number of nitrogens with zero attached hydrogens (tertiary/aromatic N) is 1. The zero-order valence-electron chi connectivity index (χ0n) is 7.26. The summed E-state index contributed by atoms with van der Waals surface area (Å²) in [5, 5.41) is 0. The van der Waals surface area contributed by atoms with E-state index in [-0.39, 0.29) is 5.54 Å². The van der Waals surface area contributed by atoms with Gasteiger partial charge >= 0.3 is 0 Å². The van der Waals surface area contributed by atoms with Crippen molar-refractivity contribution in [3.05, 3.63) is 0 Å². The molecule has 3 nitrogen and oxygen atoms in total. The third-order valence-corrected chi connectivity index (χ3v) is 2.21. The molecule has 1 aliphatic heterocycles. The van der Waals surface area contributed by atoms with Gasteiger partial charge in [-0.25, -0.2) is 4.99 Å². The molecule has 0 bridgehead atoms. The van der Waals surface area contributed by atoms with Crippen LogP contribution in [0.3, 0.4) is 0 Å². The second kappa shape index (κ2) is 3.11. The fourth-order valence-corrected chi connectivity index (χ4v) is 1.46. The van der Waals surface area contributed by atoms with Crippen LogP contribution in [0.1, 0.15) is 33.1 Å². The van der Waals surface area contributed by atoms with Crippen molar-refractivity contribution in [2.24, 2.45) is 10.7 Å². The Bertz CT molecular complexity index is 167. The Morgan fingerprint density at radius 3 is 2.73 bits per heavy atom. The number of ether oxygens (including phenoxy) is 1. The van der Waals surface area contributed by atoms with Gasteiger partial charge in [-0.15, -0.1) is 0 Å². The Labute approximate surface area is 67.6 Å². The summed E-state index contributed by atoms with van der Waals surface area (Å²) >= 11 is 0. The Kier molecular flexibility index (Phi) is 2.37. The highest BCUT2D eigenvalue weighted by Gasteiger charge is 2.32. The zero-order chi connectivity index (χ0) is 8.32. The molecule has 0 saturated carbocycles. The van der Waals surface area contributed by atoms with Gasteiger partial charge in [-0.2, -0.15) is 0 Å². The van der Waals surface area contributed by atoms with Crippen LogP contribution in [0.2, 0.25) is 0 Å². The van der Waals surface area contributed by atoms with Gasteiger partial charge in [0.05, 0.1) is 5.54 Å². The van der Waals surface area contributed by atoms with Gasteiger partial charge in [-0.05, 0) is 12.8 Å². The van der Waals surface area contributed by atoms with E-state index < -0.39 is 0 Å². The van der Waals surface area contributed by atoms with Crippen LogP contribution >= 0.6 is 0 Å². The number of rotatable bonds is 3. The molecular weight excluding hydrogens is 140 g/mol. The summed E-state index contributed by atoms with van der Waals surface area (Å²) in [7, 11) is 0. The molecule has 1 atom stereocenters. The van der Waals surface area contributed by atoms with Gasteiger partial charge in [-0.1, -0.05) is 20.3 Å². The standard InChI is InChI=1S/C8H16N2O/c1-3-5-8(4-2)6-11-7(9)10-8/h3-6H2,1-2H3,(H2,9,10). The number of hydrogen-bond donors (Lipinski definition) is 1. The second-order valence-electron chi connectivity index (χ2n) is 3.07. The van der Waals surface area contributed by atoms with Gasteiger partial charge in [0.15, 0.2) is 0 Å². The third kappa shape index (κ3) is 1.64. The minimum Gasteiger partial charge on any atom is -0.463 e. The van der Waals surface area contributed by atoms with E-state index in [4.69, 9.17) is 10.5 Å². The molecule has 0 aromatic carbocycles. The minimum atomic E-state index is -0.00116. The van der Waals surface area contributed by atoms with Crippen LogP contribution in [-0.2, 0) is 4.74 Å². The Balaban J connectivity index is 2.62. The van der Waals surface area contributed by atoms with Crippen LogP contribution in [0, 0.1) is 0 Å². The van der Waals surface area contributed by atoms with Gasteiger partial charge in [0, 0.05) is 0 Å². The Hall–Kier alpha value is -0.730. The average molecular weight is 156 g/mol. The molecule has 3 heteroatoms. The molecule has 1 heterocycles. The molecule has 1 rings (SSSR count). The van der Waals surface area contributed by atoms with Crippen LogP contribution in [0.25, 0.3) is 0 Å². The summed E-state index contributed by atoms with van der Waals surface area (Å²) < 4.78 is 5.14. The fraction of sp³-hybridized carbons (Fsp3) is 0.875. The number of aliphatic imine (C=N–C) groups is 1. The molecule has 0 fully saturated rings. The van der Waals surface area contributed by atoms with E-state index >= 15 is 0 Å². The summed E-state index contributed by atoms with van der Waals surface area (Å²) in [5.74, 6) is 0. The summed E-state index contributed by atoms with van der Waals surface area (Å²) in [6.45, 7) is 4.95. The molecule has 0 amide bonds. The van der Waals surface area contributed by atoms with Crippen molar-refractivity contribution < 1.29 is 4.74 Å². The lowest BCUT2D eigenvalue weighted by atomic mass is 9.93. The van der Waals surface area contributed by atoms with Crippen LogP contribution < -0.4 is 5.73 Å². The summed E-state index contributed by atoms with van der Waals surface area (Å²) in [5.41, 5.74) is 5.44. The van der Waals surface area contributed by atoms with Gasteiger partial charge in [-0.3, -0.25) is 0 Å². The smallest absolute Gasteiger partial charge is 0.282 e. The van der Waals surface area contributed by atoms with Crippen molar-refractivity contribution in [2.75, 3.05) is 6.61 Å². The first-order chi connectivity index (χ1) is 5.22. The highest BCUT2D eigenvalue weighted by Crippen LogP contribution is 2.26. The summed E-state index contributed by atoms with van der Waals surface area (Å²) in [6, 6.07) is 0.361. The van der Waals surface area contributed by atoms with Gasteiger partial charge in [0.25, 0.3) is 6.02 Å². The SMILES string of the molecule is CCCC1(CC)COC(N)=N1. The van der Waals surface area contributed by atoms with E-state index in [0.29, 0.717) is 12.6 Å². The van der Waals surface area contributed by atoms with Crippen molar-refractivity contribution in [1.82, 2.24) is 0 Å². The normalized spacial score (nSPS) is 29.8. The Morgan fingerprint density at radius 2 is 2.36 bits per heavy atom. The van der Waals surface area contributed by atoms with Crippen molar-refractivity contribution in [3.63, 3.8) is 0 Å². The highest BCUT2D eigenvalue weighted by atomic mass is 16.5. The van der Waals surface area contributed by atoms with Crippen molar-refractivity contribution in [3.8, 4) is 0 Å². The topological polar surface area (TPSA) is 47.6 Å². The maximum absolute atomic E-state index is 5.44. The van der Waals surface area contributed by atoms with Crippen molar-refractivity contribution in [1.29, 1.82) is 0 Å². The predicted octanol–water partition coefficient (Wildman–Crippen LogP) is 1.28. The molecule has 0 spiro atoms. The van der Waals surface area contributed by atoms with Crippen LogP contribution in [0.4, 0.5) is 0 Å². The van der Waals surface area contributed by atoms with Gasteiger partial charge < -0.3 is 10.5 Å². The fourth-order valence-electron chi connectivity index (χ4n) is 1.46. The van der Waals surface area contributed by atoms with E-state index in [0.717, 1.165) is 19.3 Å². The lowest BCUT2D eigenvalue weighted by Crippen LogP contribution is -2.26. The molecule has 0 aromatic heterocycles.